The Hall–Kier alpha value is -2.38. The molecule has 26 heavy (non-hydrogen) atoms. The molecule has 2 atom stereocenters. The van der Waals surface area contributed by atoms with Crippen molar-refractivity contribution in [1.29, 1.82) is 0 Å². The minimum Gasteiger partial charge on any atom is -0.435 e. The molecule has 8 heteroatoms. The van der Waals surface area contributed by atoms with E-state index in [0.29, 0.717) is 25.2 Å². The topological polar surface area (TPSA) is 53.1 Å². The monoisotopic (exact) mass is 367 g/mol. The Kier molecular flexibility index (Phi) is 5.29. The number of alkyl halides is 2. The van der Waals surface area contributed by atoms with Crippen molar-refractivity contribution >= 4 is 11.9 Å². The highest BCUT2D eigenvalue weighted by Gasteiger charge is 2.39. The summed E-state index contributed by atoms with van der Waals surface area (Å²) in [6.07, 6.45) is 1.85. The number of hydrogen-bond donors (Lipinski definition) is 0. The molecule has 0 spiro atoms. The zero-order valence-electron chi connectivity index (χ0n) is 14.9. The lowest BCUT2D eigenvalue weighted by atomic mass is 9.94. The zero-order chi connectivity index (χ0) is 18.8. The van der Waals surface area contributed by atoms with E-state index in [4.69, 9.17) is 0 Å². The summed E-state index contributed by atoms with van der Waals surface area (Å²) in [4.78, 5) is 30.4. The quantitative estimate of drug-likeness (QED) is 0.825. The molecule has 4 rings (SSSR count). The summed E-state index contributed by atoms with van der Waals surface area (Å²) in [5.41, 5.74) is 0.435. The van der Waals surface area contributed by atoms with Crippen LogP contribution in [0.4, 0.5) is 13.6 Å². The number of carbonyl (C=O) groups excluding carboxylic acids is 2. The summed E-state index contributed by atoms with van der Waals surface area (Å²) < 4.78 is 28.8. The van der Waals surface area contributed by atoms with Gasteiger partial charge in [0.05, 0.1) is 0 Å². The molecule has 0 N–H and O–H groups in total. The number of fused-ring (bicyclic) bond motifs is 4. The number of ether oxygens (including phenoxy) is 1. The van der Waals surface area contributed by atoms with Crippen molar-refractivity contribution in [1.82, 2.24) is 14.7 Å². The summed E-state index contributed by atoms with van der Waals surface area (Å²) >= 11 is 0. The first-order valence-electron chi connectivity index (χ1n) is 8.67. The lowest BCUT2D eigenvalue weighted by Gasteiger charge is -2.36. The molecule has 142 valence electrons. The molecule has 3 fully saturated rings. The highest BCUT2D eigenvalue weighted by molar-refractivity contribution is 5.94. The van der Waals surface area contributed by atoms with Gasteiger partial charge < -0.3 is 19.4 Å². The number of carbonyl (C=O) groups is 2. The summed E-state index contributed by atoms with van der Waals surface area (Å²) in [5, 5.41) is 0. The van der Waals surface area contributed by atoms with Gasteiger partial charge in [0, 0.05) is 45.3 Å². The Morgan fingerprint density at radius 1 is 1.12 bits per heavy atom. The van der Waals surface area contributed by atoms with Gasteiger partial charge in [-0.2, -0.15) is 8.78 Å². The fourth-order valence-electron chi connectivity index (χ4n) is 3.71. The predicted octanol–water partition coefficient (Wildman–Crippen LogP) is 2.51. The second-order valence-electron chi connectivity index (χ2n) is 7.04. The molecule has 2 bridgehead atoms. The van der Waals surface area contributed by atoms with Gasteiger partial charge in [-0.25, -0.2) is 4.79 Å². The average molecular weight is 367 g/mol. The van der Waals surface area contributed by atoms with Crippen LogP contribution in [0.5, 0.6) is 5.75 Å². The first kappa shape index (κ1) is 18.4. The highest BCUT2D eigenvalue weighted by atomic mass is 19.3. The molecule has 0 radical (unpaired) electrons. The first-order chi connectivity index (χ1) is 12.3. The molecule has 3 heterocycles. The van der Waals surface area contributed by atoms with Crippen molar-refractivity contribution in [3.63, 3.8) is 0 Å². The maximum absolute atomic E-state index is 12.9. The van der Waals surface area contributed by atoms with Crippen LogP contribution in [0.25, 0.3) is 0 Å². The van der Waals surface area contributed by atoms with Gasteiger partial charge in [-0.05, 0) is 43.0 Å². The molecular formula is C18H23F2N3O3. The van der Waals surface area contributed by atoms with Crippen molar-refractivity contribution in [2.24, 2.45) is 5.92 Å². The van der Waals surface area contributed by atoms with E-state index in [-0.39, 0.29) is 29.6 Å². The van der Waals surface area contributed by atoms with Gasteiger partial charge in [-0.3, -0.25) is 4.79 Å². The van der Waals surface area contributed by atoms with Crippen molar-refractivity contribution in [3.8, 4) is 5.75 Å². The number of amides is 3. The molecule has 0 unspecified atom stereocenters. The molecule has 3 amide bonds. The SMILES string of the molecule is CN(C)C(=O)N1C[C@@H]2CC[C@H](C1)N(C(=O)c1ccc(OC(F)F)cc1)C2. The predicted molar refractivity (Wildman–Crippen MR) is 91.3 cm³/mol. The minimum absolute atomic E-state index is 0.0247. The van der Waals surface area contributed by atoms with E-state index >= 15 is 0 Å². The van der Waals surface area contributed by atoms with E-state index in [2.05, 4.69) is 4.74 Å². The van der Waals surface area contributed by atoms with Crippen molar-refractivity contribution in [3.05, 3.63) is 29.8 Å². The third kappa shape index (κ3) is 3.89. The number of benzene rings is 1. The Labute approximate surface area is 151 Å². The fraction of sp³-hybridized carbons (Fsp3) is 0.556. The molecule has 1 aromatic rings. The molecule has 0 aromatic heterocycles. The van der Waals surface area contributed by atoms with Crippen LogP contribution in [0.1, 0.15) is 23.2 Å². The van der Waals surface area contributed by atoms with Crippen LogP contribution >= 0.6 is 0 Å². The van der Waals surface area contributed by atoms with E-state index in [0.717, 1.165) is 12.8 Å². The Balaban J connectivity index is 1.73. The van der Waals surface area contributed by atoms with Gasteiger partial charge in [0.15, 0.2) is 0 Å². The Morgan fingerprint density at radius 2 is 1.81 bits per heavy atom. The van der Waals surface area contributed by atoms with Gasteiger partial charge >= 0.3 is 12.6 Å². The van der Waals surface area contributed by atoms with Gasteiger partial charge in [-0.15, -0.1) is 0 Å². The average Bonchev–Trinajstić information content (AvgIpc) is 2.92. The maximum atomic E-state index is 12.9. The lowest BCUT2D eigenvalue weighted by molar-refractivity contribution is -0.0498. The van der Waals surface area contributed by atoms with Gasteiger partial charge in [0.25, 0.3) is 5.91 Å². The molecule has 3 saturated heterocycles. The second kappa shape index (κ2) is 7.47. The zero-order valence-corrected chi connectivity index (χ0v) is 14.9. The van der Waals surface area contributed by atoms with Crippen LogP contribution in [-0.2, 0) is 0 Å². The number of urea groups is 1. The van der Waals surface area contributed by atoms with Crippen molar-refractivity contribution in [2.75, 3.05) is 33.7 Å². The van der Waals surface area contributed by atoms with Crippen LogP contribution in [-0.4, -0.2) is 73.0 Å². The molecule has 0 saturated carbocycles. The summed E-state index contributed by atoms with van der Waals surface area (Å²) in [6.45, 7) is -1.11. The second-order valence-corrected chi connectivity index (χ2v) is 7.04. The third-order valence-electron chi connectivity index (χ3n) is 4.95. The van der Waals surface area contributed by atoms with Gasteiger partial charge in [0.1, 0.15) is 5.75 Å². The third-order valence-corrected chi connectivity index (χ3v) is 4.95. The van der Waals surface area contributed by atoms with Crippen LogP contribution in [0.15, 0.2) is 24.3 Å². The van der Waals surface area contributed by atoms with Crippen LogP contribution in [0.3, 0.4) is 0 Å². The summed E-state index contributed by atoms with van der Waals surface area (Å²) in [5.74, 6) is 0.141. The van der Waals surface area contributed by atoms with E-state index in [9.17, 15) is 18.4 Å². The number of hydrogen-bond acceptors (Lipinski definition) is 3. The molecule has 3 aliphatic rings. The van der Waals surface area contributed by atoms with Crippen LogP contribution in [0.2, 0.25) is 0 Å². The molecule has 6 nitrogen and oxygen atoms in total. The molecule has 3 aliphatic heterocycles. The van der Waals surface area contributed by atoms with E-state index < -0.39 is 6.61 Å². The van der Waals surface area contributed by atoms with Crippen LogP contribution < -0.4 is 4.74 Å². The van der Waals surface area contributed by atoms with Crippen molar-refractivity contribution < 1.29 is 23.1 Å². The van der Waals surface area contributed by atoms with Gasteiger partial charge in [-0.1, -0.05) is 0 Å². The minimum atomic E-state index is -2.89. The maximum Gasteiger partial charge on any atom is 0.387 e. The Bertz CT molecular complexity index is 666. The molecule has 1 aromatic carbocycles. The van der Waals surface area contributed by atoms with Gasteiger partial charge in [0.2, 0.25) is 0 Å². The largest absolute Gasteiger partial charge is 0.435 e. The standard InChI is InChI=1S/C18H23F2N3O3/c1-21(2)18(25)22-9-12-3-6-14(11-22)23(10-12)16(24)13-4-7-15(8-5-13)26-17(19)20/h4-5,7-8,12,14,17H,3,6,9-11H2,1-2H3/t12-,14+/m0/s1. The first-order valence-corrected chi connectivity index (χ1v) is 8.67. The molecular weight excluding hydrogens is 344 g/mol. The fourth-order valence-corrected chi connectivity index (χ4v) is 3.71. The number of rotatable bonds is 3. The van der Waals surface area contributed by atoms with Crippen LogP contribution in [0, 0.1) is 5.92 Å². The van der Waals surface area contributed by atoms with E-state index in [1.54, 1.807) is 19.0 Å². The normalized spacial score (nSPS) is 22.3. The highest BCUT2D eigenvalue weighted by Crippen LogP contribution is 2.30. The Morgan fingerprint density at radius 3 is 2.42 bits per heavy atom. The molecule has 0 aliphatic carbocycles. The van der Waals surface area contributed by atoms with E-state index in [1.165, 1.54) is 24.3 Å². The lowest BCUT2D eigenvalue weighted by Crippen LogP contribution is -2.48. The number of halogens is 2. The number of nitrogens with zero attached hydrogens (tertiary/aromatic N) is 3. The summed E-state index contributed by atoms with van der Waals surface area (Å²) in [7, 11) is 3.45. The van der Waals surface area contributed by atoms with E-state index in [1.807, 2.05) is 9.80 Å². The summed E-state index contributed by atoms with van der Waals surface area (Å²) in [6, 6.07) is 5.68. The number of piperidine rings is 1. The smallest absolute Gasteiger partial charge is 0.387 e. The van der Waals surface area contributed by atoms with Crippen molar-refractivity contribution in [2.45, 2.75) is 25.5 Å².